The number of hydrogen-bond acceptors (Lipinski definition) is 3. The first-order chi connectivity index (χ1) is 11.5. The number of hydrogen-bond donors (Lipinski definition) is 1. The molecule has 1 aromatic carbocycles. The summed E-state index contributed by atoms with van der Waals surface area (Å²) < 4.78 is 0. The van der Waals surface area contributed by atoms with Gasteiger partial charge < -0.3 is 14.9 Å². The summed E-state index contributed by atoms with van der Waals surface area (Å²) in [4.78, 5) is 39.6. The third-order valence-corrected chi connectivity index (χ3v) is 4.98. The molecule has 0 radical (unpaired) electrons. The van der Waals surface area contributed by atoms with E-state index in [4.69, 9.17) is 16.7 Å². The number of carboxylic acids is 1. The summed E-state index contributed by atoms with van der Waals surface area (Å²) in [5.74, 6) is -2.60. The lowest BCUT2D eigenvalue weighted by atomic mass is 9.96. The molecule has 0 bridgehead atoms. The number of carboxylic acid groups (broad SMARTS) is 1. The molecule has 1 aromatic rings. The van der Waals surface area contributed by atoms with E-state index in [1.807, 2.05) is 0 Å². The highest BCUT2D eigenvalue weighted by Gasteiger charge is 2.41. The summed E-state index contributed by atoms with van der Waals surface area (Å²) in [7, 11) is 0. The van der Waals surface area contributed by atoms with Crippen LogP contribution < -0.4 is 4.90 Å². The highest BCUT2D eigenvalue weighted by Crippen LogP contribution is 2.29. The molecule has 0 spiro atoms. The molecule has 2 aliphatic rings. The lowest BCUT2D eigenvalue weighted by molar-refractivity contribution is -0.147. The van der Waals surface area contributed by atoms with E-state index in [9.17, 15) is 14.4 Å². The molecule has 6 nitrogen and oxygen atoms in total. The molecule has 0 aromatic heterocycles. The summed E-state index contributed by atoms with van der Waals surface area (Å²) in [5, 5.41) is 9.73. The number of carbonyl (C=O) groups is 3. The molecule has 2 saturated heterocycles. The van der Waals surface area contributed by atoms with Gasteiger partial charge in [0.15, 0.2) is 0 Å². The topological polar surface area (TPSA) is 77.9 Å². The van der Waals surface area contributed by atoms with Gasteiger partial charge in [-0.2, -0.15) is 0 Å². The Hall–Kier alpha value is -2.08. The van der Waals surface area contributed by atoms with Gasteiger partial charge in [0.2, 0.25) is 11.8 Å². The summed E-state index contributed by atoms with van der Waals surface area (Å²) >= 11 is 5.86. The minimum atomic E-state index is -0.881. The molecule has 1 N–H and O–H groups in total. The lowest BCUT2D eigenvalue weighted by Gasteiger charge is -2.32. The first-order valence-electron chi connectivity index (χ1n) is 8.06. The maximum absolute atomic E-state index is 12.7. The van der Waals surface area contributed by atoms with Gasteiger partial charge in [0, 0.05) is 30.3 Å². The van der Waals surface area contributed by atoms with E-state index >= 15 is 0 Å². The van der Waals surface area contributed by atoms with Gasteiger partial charge >= 0.3 is 5.97 Å². The Bertz CT molecular complexity index is 661. The largest absolute Gasteiger partial charge is 0.481 e. The van der Waals surface area contributed by atoms with Crippen LogP contribution in [0.25, 0.3) is 0 Å². The maximum atomic E-state index is 12.7. The smallest absolute Gasteiger partial charge is 0.308 e. The molecule has 2 aliphatic heterocycles. The number of rotatable bonds is 3. The van der Waals surface area contributed by atoms with E-state index in [0.29, 0.717) is 37.4 Å². The van der Waals surface area contributed by atoms with Gasteiger partial charge in [-0.25, -0.2) is 0 Å². The summed E-state index contributed by atoms with van der Waals surface area (Å²) in [6.07, 6.45) is 1.69. The monoisotopic (exact) mass is 350 g/mol. The minimum Gasteiger partial charge on any atom is -0.481 e. The van der Waals surface area contributed by atoms with Crippen molar-refractivity contribution >= 4 is 35.1 Å². The van der Waals surface area contributed by atoms with Crippen molar-refractivity contribution in [2.45, 2.75) is 19.3 Å². The van der Waals surface area contributed by atoms with E-state index in [1.54, 1.807) is 29.2 Å². The number of likely N-dealkylation sites (tertiary alicyclic amines) is 1. The predicted octanol–water partition coefficient (Wildman–Crippen LogP) is 2.02. The SMILES string of the molecule is O=C(O)[C@@H]1CCCN(C(=O)[C@@H]2CCN(c3ccc(Cl)cc3)C2=O)C1. The zero-order valence-electron chi connectivity index (χ0n) is 13.2. The van der Waals surface area contributed by atoms with Gasteiger partial charge in [-0.1, -0.05) is 11.6 Å². The normalized spacial score (nSPS) is 24.3. The van der Waals surface area contributed by atoms with Crippen LogP contribution in [0.5, 0.6) is 0 Å². The van der Waals surface area contributed by atoms with E-state index in [2.05, 4.69) is 0 Å². The molecule has 3 rings (SSSR count). The molecular weight excluding hydrogens is 332 g/mol. The summed E-state index contributed by atoms with van der Waals surface area (Å²) in [6, 6.07) is 6.94. The maximum Gasteiger partial charge on any atom is 0.308 e. The Balaban J connectivity index is 1.69. The van der Waals surface area contributed by atoms with Crippen LogP contribution in [0.4, 0.5) is 5.69 Å². The Kier molecular flexibility index (Phi) is 4.76. The molecule has 0 unspecified atom stereocenters. The van der Waals surface area contributed by atoms with Gasteiger partial charge in [0.05, 0.1) is 5.92 Å². The summed E-state index contributed by atoms with van der Waals surface area (Å²) in [6.45, 7) is 1.19. The molecule has 2 fully saturated rings. The third-order valence-electron chi connectivity index (χ3n) is 4.72. The van der Waals surface area contributed by atoms with E-state index in [-0.39, 0.29) is 18.4 Å². The first-order valence-corrected chi connectivity index (χ1v) is 8.43. The highest BCUT2D eigenvalue weighted by molar-refractivity contribution is 6.30. The van der Waals surface area contributed by atoms with Crippen molar-refractivity contribution in [2.24, 2.45) is 11.8 Å². The molecule has 2 atom stereocenters. The Labute approximate surface area is 145 Å². The first kappa shape index (κ1) is 16.8. The van der Waals surface area contributed by atoms with Crippen LogP contribution in [0.3, 0.4) is 0 Å². The van der Waals surface area contributed by atoms with Crippen LogP contribution in [0.1, 0.15) is 19.3 Å². The number of amides is 2. The average Bonchev–Trinajstić information content (AvgIpc) is 2.96. The number of aliphatic carboxylic acids is 1. The predicted molar refractivity (Wildman–Crippen MR) is 88.9 cm³/mol. The van der Waals surface area contributed by atoms with Crippen molar-refractivity contribution in [1.29, 1.82) is 0 Å². The number of benzene rings is 1. The van der Waals surface area contributed by atoms with Crippen LogP contribution in [0, 0.1) is 11.8 Å². The molecule has 128 valence electrons. The van der Waals surface area contributed by atoms with Crippen molar-refractivity contribution in [3.8, 4) is 0 Å². The second-order valence-electron chi connectivity index (χ2n) is 6.27. The Morgan fingerprint density at radius 3 is 2.50 bits per heavy atom. The van der Waals surface area contributed by atoms with Crippen LogP contribution in [0.2, 0.25) is 5.02 Å². The fraction of sp³-hybridized carbons (Fsp3) is 0.471. The van der Waals surface area contributed by atoms with E-state index < -0.39 is 17.8 Å². The third kappa shape index (κ3) is 3.24. The molecule has 2 heterocycles. The minimum absolute atomic E-state index is 0.193. The zero-order chi connectivity index (χ0) is 17.3. The van der Waals surface area contributed by atoms with Crippen molar-refractivity contribution in [3.63, 3.8) is 0 Å². The zero-order valence-corrected chi connectivity index (χ0v) is 13.9. The highest BCUT2D eigenvalue weighted by atomic mass is 35.5. The van der Waals surface area contributed by atoms with Crippen LogP contribution in [-0.4, -0.2) is 47.4 Å². The van der Waals surface area contributed by atoms with Crippen molar-refractivity contribution in [1.82, 2.24) is 4.90 Å². The number of carbonyl (C=O) groups excluding carboxylic acids is 2. The van der Waals surface area contributed by atoms with Crippen molar-refractivity contribution in [3.05, 3.63) is 29.3 Å². The number of nitrogens with zero attached hydrogens (tertiary/aromatic N) is 2. The van der Waals surface area contributed by atoms with Crippen LogP contribution in [0.15, 0.2) is 24.3 Å². The Morgan fingerprint density at radius 1 is 1.12 bits per heavy atom. The van der Waals surface area contributed by atoms with E-state index in [1.165, 1.54) is 4.90 Å². The van der Waals surface area contributed by atoms with Crippen molar-refractivity contribution in [2.75, 3.05) is 24.5 Å². The van der Waals surface area contributed by atoms with E-state index in [0.717, 1.165) is 5.69 Å². The molecule has 0 saturated carbocycles. The number of piperidine rings is 1. The van der Waals surface area contributed by atoms with Crippen molar-refractivity contribution < 1.29 is 19.5 Å². The molecule has 0 aliphatic carbocycles. The second kappa shape index (κ2) is 6.81. The van der Waals surface area contributed by atoms with Crippen LogP contribution in [-0.2, 0) is 14.4 Å². The molecule has 2 amide bonds. The molecular formula is C17H19ClN2O4. The second-order valence-corrected chi connectivity index (χ2v) is 6.71. The fourth-order valence-electron chi connectivity index (χ4n) is 3.39. The quantitative estimate of drug-likeness (QED) is 0.846. The molecule has 24 heavy (non-hydrogen) atoms. The van der Waals surface area contributed by atoms with Gasteiger partial charge in [-0.3, -0.25) is 14.4 Å². The standard InChI is InChI=1S/C17H19ClN2O4/c18-12-3-5-13(6-4-12)20-9-7-14(16(20)22)15(21)19-8-1-2-11(10-19)17(23)24/h3-6,11,14H,1-2,7-10H2,(H,23,24)/t11-,14+/m1/s1. The Morgan fingerprint density at radius 2 is 1.83 bits per heavy atom. The average molecular weight is 351 g/mol. The van der Waals surface area contributed by atoms with Gasteiger partial charge in [0.25, 0.3) is 0 Å². The number of halogens is 1. The van der Waals surface area contributed by atoms with Crippen LogP contribution >= 0.6 is 11.6 Å². The fourth-order valence-corrected chi connectivity index (χ4v) is 3.51. The summed E-state index contributed by atoms with van der Waals surface area (Å²) in [5.41, 5.74) is 0.724. The van der Waals surface area contributed by atoms with Gasteiger partial charge in [-0.15, -0.1) is 0 Å². The number of anilines is 1. The molecule has 7 heteroatoms. The van der Waals surface area contributed by atoms with Gasteiger partial charge in [0.1, 0.15) is 5.92 Å². The lowest BCUT2D eigenvalue weighted by Crippen LogP contribution is -2.46. The van der Waals surface area contributed by atoms with Gasteiger partial charge in [-0.05, 0) is 43.5 Å².